The Bertz CT molecular complexity index is 208. The molecule has 15 heavy (non-hydrogen) atoms. The first-order chi connectivity index (χ1) is 7.20. The molecule has 2 N–H and O–H groups in total. The van der Waals surface area contributed by atoms with Crippen LogP contribution in [0.25, 0.3) is 0 Å². The molecule has 1 aliphatic heterocycles. The van der Waals surface area contributed by atoms with Crippen molar-refractivity contribution in [2.75, 3.05) is 46.9 Å². The molecule has 2 aliphatic rings. The SMILES string of the molecule is COC1CC(CN)(N2CCN(C)CC2)C1. The van der Waals surface area contributed by atoms with E-state index in [0.717, 1.165) is 32.5 Å². The molecule has 88 valence electrons. The van der Waals surface area contributed by atoms with Crippen molar-refractivity contribution in [1.29, 1.82) is 0 Å². The lowest BCUT2D eigenvalue weighted by atomic mass is 9.72. The zero-order valence-electron chi connectivity index (χ0n) is 9.91. The molecule has 0 spiro atoms. The molecular formula is C11H23N3O. The van der Waals surface area contributed by atoms with Gasteiger partial charge in [-0.3, -0.25) is 4.90 Å². The van der Waals surface area contributed by atoms with Gasteiger partial charge in [0.15, 0.2) is 0 Å². The third-order valence-electron chi connectivity index (χ3n) is 4.10. The summed E-state index contributed by atoms with van der Waals surface area (Å²) in [6, 6.07) is 0. The number of likely N-dealkylation sites (N-methyl/N-ethyl adjacent to an activating group) is 1. The van der Waals surface area contributed by atoms with Crippen molar-refractivity contribution in [3.05, 3.63) is 0 Å². The van der Waals surface area contributed by atoms with Crippen molar-refractivity contribution in [2.45, 2.75) is 24.5 Å². The predicted octanol–water partition coefficient (Wildman–Crippen LogP) is -0.260. The molecule has 4 heteroatoms. The van der Waals surface area contributed by atoms with Gasteiger partial charge in [0.25, 0.3) is 0 Å². The fraction of sp³-hybridized carbons (Fsp3) is 1.00. The van der Waals surface area contributed by atoms with E-state index >= 15 is 0 Å². The normalized spacial score (nSPS) is 39.0. The van der Waals surface area contributed by atoms with E-state index in [1.807, 2.05) is 0 Å². The molecule has 0 unspecified atom stereocenters. The van der Waals surface area contributed by atoms with Crippen LogP contribution in [0.4, 0.5) is 0 Å². The molecule has 0 atom stereocenters. The molecule has 0 aromatic rings. The van der Waals surface area contributed by atoms with Crippen molar-refractivity contribution in [2.24, 2.45) is 5.73 Å². The Kier molecular flexibility index (Phi) is 3.30. The Labute approximate surface area is 92.4 Å². The number of ether oxygens (including phenoxy) is 1. The van der Waals surface area contributed by atoms with E-state index in [4.69, 9.17) is 10.5 Å². The standard InChI is InChI=1S/C11H23N3O/c1-13-3-5-14(6-4-13)11(9-12)7-10(8-11)15-2/h10H,3-9,12H2,1-2H3. The summed E-state index contributed by atoms with van der Waals surface area (Å²) < 4.78 is 5.36. The predicted molar refractivity (Wildman–Crippen MR) is 60.9 cm³/mol. The first kappa shape index (κ1) is 11.3. The largest absolute Gasteiger partial charge is 0.381 e. The van der Waals surface area contributed by atoms with Gasteiger partial charge in [0.2, 0.25) is 0 Å². The van der Waals surface area contributed by atoms with Crippen LogP contribution in [0.2, 0.25) is 0 Å². The summed E-state index contributed by atoms with van der Waals surface area (Å²) in [4.78, 5) is 4.95. The molecule has 0 bridgehead atoms. The minimum absolute atomic E-state index is 0.252. The lowest BCUT2D eigenvalue weighted by Crippen LogP contribution is -2.67. The maximum Gasteiger partial charge on any atom is 0.0607 e. The number of nitrogens with zero attached hydrogens (tertiary/aromatic N) is 2. The first-order valence-electron chi connectivity index (χ1n) is 5.87. The third-order valence-corrected chi connectivity index (χ3v) is 4.10. The average molecular weight is 213 g/mol. The molecular weight excluding hydrogens is 190 g/mol. The van der Waals surface area contributed by atoms with E-state index in [2.05, 4.69) is 16.8 Å². The van der Waals surface area contributed by atoms with Crippen molar-refractivity contribution in [1.82, 2.24) is 9.80 Å². The highest BCUT2D eigenvalue weighted by Crippen LogP contribution is 2.39. The molecule has 1 saturated heterocycles. The van der Waals surface area contributed by atoms with E-state index in [-0.39, 0.29) is 5.54 Å². The molecule has 0 amide bonds. The van der Waals surface area contributed by atoms with Crippen LogP contribution in [0.1, 0.15) is 12.8 Å². The zero-order valence-corrected chi connectivity index (χ0v) is 9.91. The quantitative estimate of drug-likeness (QED) is 0.701. The maximum absolute atomic E-state index is 5.94. The Morgan fingerprint density at radius 3 is 2.33 bits per heavy atom. The number of methoxy groups -OCH3 is 1. The highest BCUT2D eigenvalue weighted by atomic mass is 16.5. The van der Waals surface area contributed by atoms with Crippen molar-refractivity contribution < 1.29 is 4.74 Å². The van der Waals surface area contributed by atoms with Crippen LogP contribution in [0.15, 0.2) is 0 Å². The van der Waals surface area contributed by atoms with E-state index in [1.165, 1.54) is 13.1 Å². The first-order valence-corrected chi connectivity index (χ1v) is 5.87. The van der Waals surface area contributed by atoms with Crippen LogP contribution in [0.3, 0.4) is 0 Å². The van der Waals surface area contributed by atoms with Gasteiger partial charge >= 0.3 is 0 Å². The van der Waals surface area contributed by atoms with Crippen LogP contribution in [-0.2, 0) is 4.74 Å². The van der Waals surface area contributed by atoms with Crippen molar-refractivity contribution in [3.63, 3.8) is 0 Å². The molecule has 0 radical (unpaired) electrons. The fourth-order valence-corrected chi connectivity index (χ4v) is 2.79. The zero-order chi connectivity index (χ0) is 10.9. The summed E-state index contributed by atoms with van der Waals surface area (Å²) >= 11 is 0. The molecule has 0 aromatic heterocycles. The summed E-state index contributed by atoms with van der Waals surface area (Å²) in [5.41, 5.74) is 6.19. The average Bonchev–Trinajstić information content (AvgIpc) is 2.20. The molecule has 1 saturated carbocycles. The molecule has 1 heterocycles. The lowest BCUT2D eigenvalue weighted by Gasteiger charge is -2.55. The summed E-state index contributed by atoms with van der Waals surface area (Å²) in [6.07, 6.45) is 2.67. The maximum atomic E-state index is 5.94. The van der Waals surface area contributed by atoms with Crippen molar-refractivity contribution >= 4 is 0 Å². The van der Waals surface area contributed by atoms with Gasteiger partial charge in [-0.1, -0.05) is 0 Å². The summed E-state index contributed by atoms with van der Waals surface area (Å²) in [5, 5.41) is 0. The van der Waals surface area contributed by atoms with Gasteiger partial charge in [-0.2, -0.15) is 0 Å². The fourth-order valence-electron chi connectivity index (χ4n) is 2.79. The number of rotatable bonds is 3. The second-order valence-corrected chi connectivity index (χ2v) is 4.98. The summed E-state index contributed by atoms with van der Waals surface area (Å²) in [5.74, 6) is 0. The van der Waals surface area contributed by atoms with E-state index in [1.54, 1.807) is 7.11 Å². The monoisotopic (exact) mass is 213 g/mol. The smallest absolute Gasteiger partial charge is 0.0607 e. The van der Waals surface area contributed by atoms with E-state index in [9.17, 15) is 0 Å². The van der Waals surface area contributed by atoms with Crippen LogP contribution in [-0.4, -0.2) is 68.3 Å². The molecule has 1 aliphatic carbocycles. The number of hydrogen-bond acceptors (Lipinski definition) is 4. The third kappa shape index (κ3) is 2.04. The molecule has 4 nitrogen and oxygen atoms in total. The van der Waals surface area contributed by atoms with Gasteiger partial charge in [-0.15, -0.1) is 0 Å². The van der Waals surface area contributed by atoms with Crippen LogP contribution < -0.4 is 5.73 Å². The van der Waals surface area contributed by atoms with Gasteiger partial charge in [0, 0.05) is 45.4 Å². The molecule has 2 fully saturated rings. The number of hydrogen-bond donors (Lipinski definition) is 1. The van der Waals surface area contributed by atoms with Gasteiger partial charge < -0.3 is 15.4 Å². The number of nitrogens with two attached hydrogens (primary N) is 1. The second-order valence-electron chi connectivity index (χ2n) is 4.98. The highest BCUT2D eigenvalue weighted by Gasteiger charge is 2.48. The van der Waals surface area contributed by atoms with Crippen LogP contribution >= 0.6 is 0 Å². The minimum atomic E-state index is 0.252. The van der Waals surface area contributed by atoms with Gasteiger partial charge in [-0.05, 0) is 19.9 Å². The Morgan fingerprint density at radius 2 is 1.87 bits per heavy atom. The summed E-state index contributed by atoms with van der Waals surface area (Å²) in [6.45, 7) is 5.42. The number of piperazine rings is 1. The lowest BCUT2D eigenvalue weighted by molar-refractivity contribution is -0.0974. The molecule has 0 aromatic carbocycles. The van der Waals surface area contributed by atoms with Crippen LogP contribution in [0.5, 0.6) is 0 Å². The van der Waals surface area contributed by atoms with Crippen molar-refractivity contribution in [3.8, 4) is 0 Å². The van der Waals surface area contributed by atoms with Gasteiger partial charge in [-0.25, -0.2) is 0 Å². The Morgan fingerprint density at radius 1 is 1.27 bits per heavy atom. The topological polar surface area (TPSA) is 41.7 Å². The Balaban J connectivity index is 1.91. The van der Waals surface area contributed by atoms with Gasteiger partial charge in [0.05, 0.1) is 6.10 Å². The second kappa shape index (κ2) is 4.37. The highest BCUT2D eigenvalue weighted by molar-refractivity contribution is 5.05. The summed E-state index contributed by atoms with van der Waals surface area (Å²) in [7, 11) is 3.99. The Hall–Kier alpha value is -0.160. The van der Waals surface area contributed by atoms with Crippen LogP contribution in [0, 0.1) is 0 Å². The van der Waals surface area contributed by atoms with Gasteiger partial charge in [0.1, 0.15) is 0 Å². The molecule has 2 rings (SSSR count). The minimum Gasteiger partial charge on any atom is -0.381 e. The van der Waals surface area contributed by atoms with E-state index in [0.29, 0.717) is 6.10 Å². The van der Waals surface area contributed by atoms with E-state index < -0.39 is 0 Å².